The van der Waals surface area contributed by atoms with Gasteiger partial charge in [0.05, 0.1) is 30.4 Å². The maximum atomic E-state index is 13.0. The first-order chi connectivity index (χ1) is 22.8. The first-order valence-electron chi connectivity index (χ1n) is 14.9. The number of piperidine rings is 1. The quantitative estimate of drug-likeness (QED) is 0.107. The maximum absolute atomic E-state index is 13.0. The van der Waals surface area contributed by atoms with E-state index >= 15 is 0 Å². The van der Waals surface area contributed by atoms with Crippen LogP contribution in [0.5, 0.6) is 0 Å². The monoisotopic (exact) mass is 633 g/mol. The van der Waals surface area contributed by atoms with E-state index in [2.05, 4.69) is 27.2 Å². The molecule has 1 atom stereocenters. The standard InChI is InChI=1S/C34H31N7O6/c1-39-29-16-22(9-10-27(29)41(34(39)45)28-11-12-30(42)38-32(28)43)8-5-14-46-15-13-40-20-25(19-37-40)24-17-26(31(35)36-18-24)33(44)47-21-23-6-3-2-4-7-23/h2-4,6-7,9-10,16-20,28H,11-15,21H2,1H3,(H2,35,36)(H,38,42,43). The number of nitrogens with one attached hydrogen (secondary N) is 1. The topological polar surface area (TPSA) is 165 Å². The van der Waals surface area contributed by atoms with Crippen molar-refractivity contribution < 1.29 is 23.9 Å². The Kier molecular flexibility index (Phi) is 8.94. The Balaban J connectivity index is 1.03. The lowest BCUT2D eigenvalue weighted by Crippen LogP contribution is -2.44. The van der Waals surface area contributed by atoms with Gasteiger partial charge in [0.15, 0.2) is 0 Å². The van der Waals surface area contributed by atoms with Crippen LogP contribution in [0.3, 0.4) is 0 Å². The number of rotatable bonds is 9. The van der Waals surface area contributed by atoms with E-state index < -0.39 is 17.9 Å². The Hall–Kier alpha value is -6.00. The van der Waals surface area contributed by atoms with Gasteiger partial charge >= 0.3 is 11.7 Å². The Morgan fingerprint density at radius 1 is 1.06 bits per heavy atom. The summed E-state index contributed by atoms with van der Waals surface area (Å²) < 4.78 is 15.7. The highest BCUT2D eigenvalue weighted by atomic mass is 16.5. The number of imide groups is 1. The van der Waals surface area contributed by atoms with Crippen LogP contribution >= 0.6 is 0 Å². The molecule has 2 aromatic carbocycles. The van der Waals surface area contributed by atoms with Crippen molar-refractivity contribution in [3.8, 4) is 23.0 Å². The Morgan fingerprint density at radius 3 is 2.70 bits per heavy atom. The molecule has 1 unspecified atom stereocenters. The number of esters is 1. The molecule has 4 heterocycles. The lowest BCUT2D eigenvalue weighted by Gasteiger charge is -2.21. The Labute approximate surface area is 268 Å². The molecule has 0 saturated carbocycles. The summed E-state index contributed by atoms with van der Waals surface area (Å²) in [6, 6.07) is 15.6. The van der Waals surface area contributed by atoms with Crippen molar-refractivity contribution >= 4 is 34.6 Å². The summed E-state index contributed by atoms with van der Waals surface area (Å²) in [4.78, 5) is 53.8. The highest BCUT2D eigenvalue weighted by Gasteiger charge is 2.31. The summed E-state index contributed by atoms with van der Waals surface area (Å²) in [6.07, 6.45) is 5.52. The van der Waals surface area contributed by atoms with E-state index in [1.165, 1.54) is 9.13 Å². The number of imidazole rings is 1. The summed E-state index contributed by atoms with van der Waals surface area (Å²) in [5.41, 5.74) is 10.0. The molecule has 1 fully saturated rings. The van der Waals surface area contributed by atoms with E-state index in [1.54, 1.807) is 48.4 Å². The predicted octanol–water partition coefficient (Wildman–Crippen LogP) is 2.58. The number of carbonyl (C=O) groups excluding carboxylic acids is 3. The molecule has 1 aliphatic heterocycles. The molecule has 1 aliphatic rings. The molecule has 47 heavy (non-hydrogen) atoms. The lowest BCUT2D eigenvalue weighted by atomic mass is 10.1. The fraction of sp³-hybridized carbons (Fsp3) is 0.235. The number of nitrogens with two attached hydrogens (primary N) is 1. The zero-order valence-electron chi connectivity index (χ0n) is 25.5. The van der Waals surface area contributed by atoms with Crippen LogP contribution < -0.4 is 16.7 Å². The number of nitrogen functional groups attached to an aromatic ring is 1. The minimum atomic E-state index is -0.741. The number of benzene rings is 2. The molecular weight excluding hydrogens is 602 g/mol. The van der Waals surface area contributed by atoms with Crippen molar-refractivity contribution in [2.75, 3.05) is 18.9 Å². The molecule has 5 aromatic rings. The van der Waals surface area contributed by atoms with E-state index in [0.717, 1.165) is 11.1 Å². The zero-order valence-corrected chi connectivity index (χ0v) is 25.5. The lowest BCUT2D eigenvalue weighted by molar-refractivity contribution is -0.135. The number of ether oxygens (including phenoxy) is 2. The summed E-state index contributed by atoms with van der Waals surface area (Å²) in [6.45, 7) is 1.13. The third kappa shape index (κ3) is 6.82. The molecule has 1 saturated heterocycles. The van der Waals surface area contributed by atoms with Gasteiger partial charge in [0.25, 0.3) is 0 Å². The van der Waals surface area contributed by atoms with Crippen molar-refractivity contribution in [2.24, 2.45) is 7.05 Å². The minimum Gasteiger partial charge on any atom is -0.457 e. The predicted molar refractivity (Wildman–Crippen MR) is 172 cm³/mol. The van der Waals surface area contributed by atoms with Crippen molar-refractivity contribution in [1.82, 2.24) is 29.2 Å². The minimum absolute atomic E-state index is 0.0864. The Morgan fingerprint density at radius 2 is 1.89 bits per heavy atom. The van der Waals surface area contributed by atoms with Gasteiger partial charge in [-0.2, -0.15) is 5.10 Å². The first-order valence-corrected chi connectivity index (χ1v) is 14.9. The molecule has 13 heteroatoms. The number of nitrogens with zero attached hydrogens (tertiary/aromatic N) is 5. The number of pyridine rings is 1. The largest absolute Gasteiger partial charge is 0.457 e. The average Bonchev–Trinajstić information content (AvgIpc) is 3.64. The van der Waals surface area contributed by atoms with Crippen molar-refractivity contribution in [2.45, 2.75) is 32.0 Å². The van der Waals surface area contributed by atoms with Gasteiger partial charge in [-0.15, -0.1) is 0 Å². The van der Waals surface area contributed by atoms with Gasteiger partial charge in [-0.1, -0.05) is 42.2 Å². The molecule has 2 amide bonds. The highest BCUT2D eigenvalue weighted by molar-refractivity contribution is 6.00. The second-order valence-electron chi connectivity index (χ2n) is 10.9. The third-order valence-electron chi connectivity index (χ3n) is 7.80. The zero-order chi connectivity index (χ0) is 32.9. The first kappa shape index (κ1) is 31.0. The van der Waals surface area contributed by atoms with Gasteiger partial charge in [-0.3, -0.25) is 28.7 Å². The SMILES string of the molecule is Cn1c(=O)n(C2CCC(=O)NC2=O)c2ccc(C#CCOCCn3cc(-c4cnc(N)c(C(=O)OCc5ccccc5)c4)cn3)cc21. The van der Waals surface area contributed by atoms with Crippen LogP contribution in [0.2, 0.25) is 0 Å². The van der Waals surface area contributed by atoms with Gasteiger partial charge in [0.2, 0.25) is 11.8 Å². The molecule has 0 radical (unpaired) electrons. The van der Waals surface area contributed by atoms with E-state index in [0.29, 0.717) is 35.3 Å². The fourth-order valence-electron chi connectivity index (χ4n) is 5.32. The second kappa shape index (κ2) is 13.6. The van der Waals surface area contributed by atoms with E-state index in [1.807, 2.05) is 36.5 Å². The molecular formula is C34H31N7O6. The van der Waals surface area contributed by atoms with Crippen molar-refractivity contribution in [3.05, 3.63) is 100 Å². The van der Waals surface area contributed by atoms with Crippen LogP contribution in [-0.4, -0.2) is 54.9 Å². The average molecular weight is 634 g/mol. The van der Waals surface area contributed by atoms with Crippen molar-refractivity contribution in [3.63, 3.8) is 0 Å². The third-order valence-corrected chi connectivity index (χ3v) is 7.80. The number of amides is 2. The summed E-state index contributed by atoms with van der Waals surface area (Å²) >= 11 is 0. The number of aromatic nitrogens is 5. The maximum Gasteiger partial charge on any atom is 0.342 e. The number of carbonyl (C=O) groups is 3. The molecule has 3 N–H and O–H groups in total. The molecule has 13 nitrogen and oxygen atoms in total. The normalized spacial score (nSPS) is 14.4. The summed E-state index contributed by atoms with van der Waals surface area (Å²) in [5, 5.41) is 6.68. The molecule has 0 aliphatic carbocycles. The Bertz CT molecular complexity index is 2100. The van der Waals surface area contributed by atoms with Crippen LogP contribution in [0, 0.1) is 11.8 Å². The van der Waals surface area contributed by atoms with Crippen LogP contribution in [0.4, 0.5) is 5.82 Å². The molecule has 0 spiro atoms. The van der Waals surface area contributed by atoms with Crippen LogP contribution in [0.1, 0.15) is 40.4 Å². The smallest absolute Gasteiger partial charge is 0.342 e. The van der Waals surface area contributed by atoms with E-state index in [9.17, 15) is 19.2 Å². The number of hydrogen-bond acceptors (Lipinski definition) is 9. The fourth-order valence-corrected chi connectivity index (χ4v) is 5.32. The van der Waals surface area contributed by atoms with Gasteiger partial charge in [-0.05, 0) is 36.2 Å². The number of fused-ring (bicyclic) bond motifs is 1. The molecule has 238 valence electrons. The van der Waals surface area contributed by atoms with Gasteiger partial charge in [0, 0.05) is 42.6 Å². The van der Waals surface area contributed by atoms with E-state index in [-0.39, 0.29) is 49.0 Å². The number of hydrogen-bond donors (Lipinski definition) is 2. The molecule has 0 bridgehead atoms. The highest BCUT2D eigenvalue weighted by Crippen LogP contribution is 2.24. The van der Waals surface area contributed by atoms with Crippen LogP contribution in [-0.2, 0) is 39.3 Å². The van der Waals surface area contributed by atoms with Gasteiger partial charge < -0.3 is 15.2 Å². The second-order valence-corrected chi connectivity index (χ2v) is 10.9. The van der Waals surface area contributed by atoms with Gasteiger partial charge in [0.1, 0.15) is 30.6 Å². The molecule has 3 aromatic heterocycles. The van der Waals surface area contributed by atoms with Crippen LogP contribution in [0.25, 0.3) is 22.2 Å². The number of anilines is 1. The summed E-state index contributed by atoms with van der Waals surface area (Å²) in [7, 11) is 1.64. The van der Waals surface area contributed by atoms with E-state index in [4.69, 9.17) is 15.2 Å². The van der Waals surface area contributed by atoms with Gasteiger partial charge in [-0.25, -0.2) is 14.6 Å². The molecule has 6 rings (SSSR count). The summed E-state index contributed by atoms with van der Waals surface area (Å²) in [5.74, 6) is 4.75. The van der Waals surface area contributed by atoms with Crippen LogP contribution in [0.15, 0.2) is 78.0 Å². The number of aryl methyl sites for hydroxylation is 1. The van der Waals surface area contributed by atoms with Crippen molar-refractivity contribution in [1.29, 1.82) is 0 Å².